The highest BCUT2D eigenvalue weighted by molar-refractivity contribution is 6.46. The number of hydrogen-bond acceptors (Lipinski definition) is 5. The van der Waals surface area contributed by atoms with Crippen molar-refractivity contribution in [1.82, 2.24) is 9.80 Å². The second-order valence-corrected chi connectivity index (χ2v) is 7.48. The van der Waals surface area contributed by atoms with Crippen molar-refractivity contribution in [3.8, 4) is 0 Å². The van der Waals surface area contributed by atoms with E-state index in [1.807, 2.05) is 51.0 Å². The molecule has 3 rings (SSSR count). The maximum absolute atomic E-state index is 12.9. The van der Waals surface area contributed by atoms with Crippen LogP contribution in [0.3, 0.4) is 0 Å². The van der Waals surface area contributed by atoms with Crippen LogP contribution in [0.2, 0.25) is 0 Å². The standard InChI is InChI=1S/C22H26N2O4/c1-14-8-9-15(2)16(13-14)20(25)18-19(17-7-5-12-28-17)24(22(27)21(18)26)11-6-10-23(3)4/h5,7-9,12-13,19,25H,6,10-11H2,1-4H3. The predicted molar refractivity (Wildman–Crippen MR) is 107 cm³/mol. The van der Waals surface area contributed by atoms with Crippen LogP contribution in [-0.4, -0.2) is 53.8 Å². The molecule has 1 atom stereocenters. The summed E-state index contributed by atoms with van der Waals surface area (Å²) in [5.74, 6) is -0.969. The summed E-state index contributed by atoms with van der Waals surface area (Å²) in [4.78, 5) is 29.2. The van der Waals surface area contributed by atoms with E-state index in [9.17, 15) is 14.7 Å². The molecular weight excluding hydrogens is 356 g/mol. The van der Waals surface area contributed by atoms with E-state index in [-0.39, 0.29) is 11.3 Å². The normalized spacial score (nSPS) is 19.0. The van der Waals surface area contributed by atoms with Crippen LogP contribution in [0.1, 0.15) is 34.9 Å². The fraction of sp³-hybridized carbons (Fsp3) is 0.364. The largest absolute Gasteiger partial charge is 0.507 e. The van der Waals surface area contributed by atoms with Gasteiger partial charge in [-0.25, -0.2) is 0 Å². The molecule has 1 aliphatic rings. The van der Waals surface area contributed by atoms with Crippen molar-refractivity contribution in [3.63, 3.8) is 0 Å². The van der Waals surface area contributed by atoms with E-state index in [1.54, 1.807) is 12.1 Å². The fourth-order valence-corrected chi connectivity index (χ4v) is 3.55. The van der Waals surface area contributed by atoms with Crippen LogP contribution in [0, 0.1) is 13.8 Å². The average molecular weight is 382 g/mol. The number of carbonyl (C=O) groups excluding carboxylic acids is 2. The zero-order valence-corrected chi connectivity index (χ0v) is 16.7. The summed E-state index contributed by atoms with van der Waals surface area (Å²) in [7, 11) is 3.91. The number of aliphatic hydroxyl groups is 1. The monoisotopic (exact) mass is 382 g/mol. The molecule has 6 nitrogen and oxygen atoms in total. The zero-order valence-electron chi connectivity index (χ0n) is 16.7. The minimum absolute atomic E-state index is 0.0819. The van der Waals surface area contributed by atoms with Gasteiger partial charge < -0.3 is 19.3 Å². The summed E-state index contributed by atoms with van der Waals surface area (Å²) >= 11 is 0. The Hall–Kier alpha value is -2.86. The van der Waals surface area contributed by atoms with Gasteiger partial charge in [-0.2, -0.15) is 0 Å². The Bertz CT molecular complexity index is 913. The van der Waals surface area contributed by atoms with Gasteiger partial charge in [-0.3, -0.25) is 9.59 Å². The van der Waals surface area contributed by atoms with Crippen LogP contribution in [0.15, 0.2) is 46.6 Å². The summed E-state index contributed by atoms with van der Waals surface area (Å²) in [5, 5.41) is 11.0. The first-order valence-corrected chi connectivity index (χ1v) is 9.35. The molecule has 1 unspecified atom stereocenters. The lowest BCUT2D eigenvalue weighted by molar-refractivity contribution is -0.140. The molecule has 1 amide bonds. The topological polar surface area (TPSA) is 74.0 Å². The molecule has 0 radical (unpaired) electrons. The SMILES string of the molecule is Cc1ccc(C)c(C(O)=C2C(=O)C(=O)N(CCCN(C)C)C2c2ccco2)c1. The number of nitrogens with zero attached hydrogens (tertiary/aromatic N) is 2. The number of rotatable bonds is 6. The number of Topliss-reactive ketones (excluding diaryl/α,β-unsaturated/α-hetero) is 1. The van der Waals surface area contributed by atoms with Crippen LogP contribution in [0.4, 0.5) is 0 Å². The number of ketones is 1. The molecule has 28 heavy (non-hydrogen) atoms. The van der Waals surface area contributed by atoms with E-state index in [0.717, 1.165) is 17.7 Å². The van der Waals surface area contributed by atoms with Crippen molar-refractivity contribution in [3.05, 3.63) is 64.6 Å². The highest BCUT2D eigenvalue weighted by atomic mass is 16.3. The Kier molecular flexibility index (Phi) is 5.70. The molecule has 1 N–H and O–H groups in total. The molecule has 1 aromatic heterocycles. The summed E-state index contributed by atoms with van der Waals surface area (Å²) in [5.41, 5.74) is 2.43. The Morgan fingerprint density at radius 1 is 1.21 bits per heavy atom. The van der Waals surface area contributed by atoms with Gasteiger partial charge in [0.25, 0.3) is 11.7 Å². The van der Waals surface area contributed by atoms with E-state index in [0.29, 0.717) is 24.3 Å². The summed E-state index contributed by atoms with van der Waals surface area (Å²) in [6.45, 7) is 4.96. The second kappa shape index (κ2) is 8.02. The third-order valence-corrected chi connectivity index (χ3v) is 5.01. The molecule has 1 fully saturated rings. The maximum atomic E-state index is 12.9. The Morgan fingerprint density at radius 2 is 1.96 bits per heavy atom. The Morgan fingerprint density at radius 3 is 2.61 bits per heavy atom. The van der Waals surface area contributed by atoms with Gasteiger partial charge in [0.15, 0.2) is 0 Å². The summed E-state index contributed by atoms with van der Waals surface area (Å²) in [6.07, 6.45) is 2.22. The van der Waals surface area contributed by atoms with Gasteiger partial charge in [-0.15, -0.1) is 0 Å². The van der Waals surface area contributed by atoms with E-state index < -0.39 is 17.7 Å². The lowest BCUT2D eigenvalue weighted by Crippen LogP contribution is -2.32. The van der Waals surface area contributed by atoms with E-state index >= 15 is 0 Å². The molecule has 1 saturated heterocycles. The minimum Gasteiger partial charge on any atom is -0.507 e. The van der Waals surface area contributed by atoms with Crippen molar-refractivity contribution in [2.45, 2.75) is 26.3 Å². The fourth-order valence-electron chi connectivity index (χ4n) is 3.55. The first kappa shape index (κ1) is 19.9. The van der Waals surface area contributed by atoms with Crippen molar-refractivity contribution < 1.29 is 19.1 Å². The van der Waals surface area contributed by atoms with Crippen molar-refractivity contribution in [2.24, 2.45) is 0 Å². The van der Waals surface area contributed by atoms with E-state index in [4.69, 9.17) is 4.42 Å². The number of likely N-dealkylation sites (tertiary alicyclic amines) is 1. The second-order valence-electron chi connectivity index (χ2n) is 7.48. The number of hydrogen-bond donors (Lipinski definition) is 1. The Labute approximate surface area is 165 Å². The molecule has 1 aromatic carbocycles. The van der Waals surface area contributed by atoms with Gasteiger partial charge in [0, 0.05) is 12.1 Å². The molecule has 0 bridgehead atoms. The minimum atomic E-state index is -0.725. The molecule has 0 spiro atoms. The molecule has 6 heteroatoms. The average Bonchev–Trinajstić information content (AvgIpc) is 3.25. The number of carbonyl (C=O) groups is 2. The van der Waals surface area contributed by atoms with E-state index in [2.05, 4.69) is 0 Å². The van der Waals surface area contributed by atoms with Crippen LogP contribution in [0.5, 0.6) is 0 Å². The molecule has 0 saturated carbocycles. The number of aryl methyl sites for hydroxylation is 2. The van der Waals surface area contributed by atoms with Gasteiger partial charge in [0.2, 0.25) is 0 Å². The maximum Gasteiger partial charge on any atom is 0.295 e. The van der Waals surface area contributed by atoms with Crippen molar-refractivity contribution in [1.29, 1.82) is 0 Å². The van der Waals surface area contributed by atoms with Crippen LogP contribution < -0.4 is 0 Å². The quantitative estimate of drug-likeness (QED) is 0.472. The molecule has 2 heterocycles. The van der Waals surface area contributed by atoms with Crippen LogP contribution in [0.25, 0.3) is 5.76 Å². The molecule has 1 aliphatic heterocycles. The van der Waals surface area contributed by atoms with Crippen LogP contribution in [-0.2, 0) is 9.59 Å². The van der Waals surface area contributed by atoms with Gasteiger partial charge in [0.05, 0.1) is 11.8 Å². The predicted octanol–water partition coefficient (Wildman–Crippen LogP) is 3.27. The first-order valence-electron chi connectivity index (χ1n) is 9.35. The lowest BCUT2D eigenvalue weighted by Gasteiger charge is -2.24. The summed E-state index contributed by atoms with van der Waals surface area (Å²) in [6, 6.07) is 8.37. The first-order chi connectivity index (χ1) is 13.3. The van der Waals surface area contributed by atoms with E-state index in [1.165, 1.54) is 11.2 Å². The van der Waals surface area contributed by atoms with Gasteiger partial charge in [0.1, 0.15) is 17.6 Å². The van der Waals surface area contributed by atoms with Crippen molar-refractivity contribution >= 4 is 17.4 Å². The van der Waals surface area contributed by atoms with Gasteiger partial charge in [-0.05, 0) is 64.7 Å². The van der Waals surface area contributed by atoms with Crippen LogP contribution >= 0.6 is 0 Å². The molecular formula is C22H26N2O4. The number of amides is 1. The third-order valence-electron chi connectivity index (χ3n) is 5.01. The smallest absolute Gasteiger partial charge is 0.295 e. The molecule has 148 valence electrons. The highest BCUT2D eigenvalue weighted by Crippen LogP contribution is 2.40. The highest BCUT2D eigenvalue weighted by Gasteiger charge is 2.47. The zero-order chi connectivity index (χ0) is 20.4. The molecule has 0 aliphatic carbocycles. The Balaban J connectivity index is 2.09. The van der Waals surface area contributed by atoms with Gasteiger partial charge in [-0.1, -0.05) is 17.7 Å². The molecule has 2 aromatic rings. The number of benzene rings is 1. The third kappa shape index (κ3) is 3.73. The summed E-state index contributed by atoms with van der Waals surface area (Å²) < 4.78 is 5.54. The van der Waals surface area contributed by atoms with Crippen molar-refractivity contribution in [2.75, 3.05) is 27.2 Å². The lowest BCUT2D eigenvalue weighted by atomic mass is 9.96. The number of furan rings is 1. The van der Waals surface area contributed by atoms with Gasteiger partial charge >= 0.3 is 0 Å². The number of aliphatic hydroxyl groups excluding tert-OH is 1.